The minimum atomic E-state index is -3.02. The maximum atomic E-state index is 12.1. The quantitative estimate of drug-likeness (QED) is 0.776. The van der Waals surface area contributed by atoms with Crippen molar-refractivity contribution in [1.82, 2.24) is 9.62 Å². The lowest BCUT2D eigenvalue weighted by Crippen LogP contribution is -2.35. The van der Waals surface area contributed by atoms with E-state index in [1.807, 2.05) is 0 Å². The summed E-state index contributed by atoms with van der Waals surface area (Å²) in [6, 6.07) is 0.590. The van der Waals surface area contributed by atoms with Gasteiger partial charge < -0.3 is 5.32 Å². The van der Waals surface area contributed by atoms with Crippen molar-refractivity contribution in [1.29, 1.82) is 0 Å². The summed E-state index contributed by atoms with van der Waals surface area (Å²) in [6.07, 6.45) is 3.44. The third-order valence-corrected chi connectivity index (χ3v) is 5.73. The van der Waals surface area contributed by atoms with Crippen LogP contribution in [0.2, 0.25) is 0 Å². The first-order valence-corrected chi connectivity index (χ1v) is 8.31. The molecular weight excluding hydrogens is 236 g/mol. The molecule has 1 aliphatic carbocycles. The number of hydrogen-bond acceptors (Lipinski definition) is 3. The first-order chi connectivity index (χ1) is 7.99. The van der Waals surface area contributed by atoms with Gasteiger partial charge in [-0.05, 0) is 31.1 Å². The van der Waals surface area contributed by atoms with E-state index in [9.17, 15) is 8.42 Å². The zero-order valence-electron chi connectivity index (χ0n) is 10.9. The van der Waals surface area contributed by atoms with Crippen LogP contribution >= 0.6 is 0 Å². The Morgan fingerprint density at radius 2 is 2.00 bits per heavy atom. The van der Waals surface area contributed by atoms with Gasteiger partial charge >= 0.3 is 0 Å². The summed E-state index contributed by atoms with van der Waals surface area (Å²) in [4.78, 5) is 0. The Labute approximate surface area is 105 Å². The molecule has 0 amide bonds. The second kappa shape index (κ2) is 5.24. The van der Waals surface area contributed by atoms with Crippen LogP contribution in [0.3, 0.4) is 0 Å². The van der Waals surface area contributed by atoms with Crippen molar-refractivity contribution in [3.63, 3.8) is 0 Å². The van der Waals surface area contributed by atoms with E-state index in [4.69, 9.17) is 0 Å². The summed E-state index contributed by atoms with van der Waals surface area (Å²) in [6.45, 7) is 6.40. The van der Waals surface area contributed by atoms with Crippen LogP contribution in [0.25, 0.3) is 0 Å². The number of sulfonamides is 1. The minimum Gasteiger partial charge on any atom is -0.313 e. The van der Waals surface area contributed by atoms with Crippen LogP contribution in [0.1, 0.15) is 33.1 Å². The predicted octanol–water partition coefficient (Wildman–Crippen LogP) is 1.05. The van der Waals surface area contributed by atoms with Crippen LogP contribution in [-0.4, -0.2) is 44.2 Å². The van der Waals surface area contributed by atoms with Gasteiger partial charge in [-0.25, -0.2) is 12.7 Å². The molecule has 0 aromatic heterocycles. The maximum absolute atomic E-state index is 12.1. The topological polar surface area (TPSA) is 49.4 Å². The van der Waals surface area contributed by atoms with Crippen molar-refractivity contribution >= 4 is 10.0 Å². The van der Waals surface area contributed by atoms with Crippen LogP contribution in [-0.2, 0) is 10.0 Å². The molecule has 1 saturated carbocycles. The first-order valence-electron chi connectivity index (χ1n) is 6.70. The van der Waals surface area contributed by atoms with Gasteiger partial charge in [-0.3, -0.25) is 0 Å². The van der Waals surface area contributed by atoms with Crippen molar-refractivity contribution in [3.05, 3.63) is 0 Å². The van der Waals surface area contributed by atoms with Gasteiger partial charge in [0, 0.05) is 25.7 Å². The van der Waals surface area contributed by atoms with E-state index >= 15 is 0 Å². The molecule has 0 bridgehead atoms. The van der Waals surface area contributed by atoms with Crippen LogP contribution in [0, 0.1) is 11.8 Å². The van der Waals surface area contributed by atoms with E-state index in [1.165, 1.54) is 12.8 Å². The van der Waals surface area contributed by atoms with Gasteiger partial charge in [0.05, 0.1) is 5.75 Å². The molecule has 0 aromatic carbocycles. The molecule has 0 radical (unpaired) electrons. The van der Waals surface area contributed by atoms with E-state index in [0.717, 1.165) is 13.0 Å². The standard InChI is InChI=1S/C12H24N2O2S/c1-10(2)11-5-7-14(9-11)17(15,16)8-6-13-12-3-4-12/h10-13H,3-9H2,1-2H3. The fraction of sp³-hybridized carbons (Fsp3) is 1.00. The summed E-state index contributed by atoms with van der Waals surface area (Å²) < 4.78 is 25.9. The minimum absolute atomic E-state index is 0.258. The number of hydrogen-bond donors (Lipinski definition) is 1. The largest absolute Gasteiger partial charge is 0.313 e. The van der Waals surface area contributed by atoms with E-state index < -0.39 is 10.0 Å². The molecule has 0 aromatic rings. The molecule has 2 rings (SSSR count). The Hall–Kier alpha value is -0.130. The molecule has 1 unspecified atom stereocenters. The summed E-state index contributed by atoms with van der Waals surface area (Å²) >= 11 is 0. The number of nitrogens with zero attached hydrogens (tertiary/aromatic N) is 1. The van der Waals surface area contributed by atoms with Gasteiger partial charge in [-0.2, -0.15) is 0 Å². The number of nitrogens with one attached hydrogen (secondary N) is 1. The van der Waals surface area contributed by atoms with Crippen molar-refractivity contribution < 1.29 is 8.42 Å². The van der Waals surface area contributed by atoms with Crippen molar-refractivity contribution in [2.75, 3.05) is 25.4 Å². The average molecular weight is 260 g/mol. The molecule has 1 saturated heterocycles. The molecule has 1 atom stereocenters. The summed E-state index contributed by atoms with van der Waals surface area (Å²) in [5.74, 6) is 1.38. The number of rotatable bonds is 6. The molecule has 0 spiro atoms. The third-order valence-electron chi connectivity index (χ3n) is 3.89. The second-order valence-corrected chi connectivity index (χ2v) is 7.78. The third kappa shape index (κ3) is 3.66. The lowest BCUT2D eigenvalue weighted by molar-refractivity contribution is 0.388. The molecule has 17 heavy (non-hydrogen) atoms. The Bertz CT molecular complexity index is 350. The summed E-state index contributed by atoms with van der Waals surface area (Å²) in [5.41, 5.74) is 0. The highest BCUT2D eigenvalue weighted by Crippen LogP contribution is 2.25. The van der Waals surface area contributed by atoms with E-state index in [0.29, 0.717) is 31.0 Å². The van der Waals surface area contributed by atoms with Crippen molar-refractivity contribution in [2.24, 2.45) is 11.8 Å². The van der Waals surface area contributed by atoms with E-state index in [-0.39, 0.29) is 5.75 Å². The Balaban J connectivity index is 1.79. The monoisotopic (exact) mass is 260 g/mol. The van der Waals surface area contributed by atoms with Gasteiger partial charge in [0.15, 0.2) is 0 Å². The van der Waals surface area contributed by atoms with Gasteiger partial charge in [-0.15, -0.1) is 0 Å². The highest BCUT2D eigenvalue weighted by atomic mass is 32.2. The van der Waals surface area contributed by atoms with Crippen molar-refractivity contribution in [2.45, 2.75) is 39.2 Å². The Kier molecular flexibility index (Phi) is 4.10. The highest BCUT2D eigenvalue weighted by Gasteiger charge is 2.32. The molecule has 2 aliphatic rings. The summed E-state index contributed by atoms with van der Waals surface area (Å²) in [5, 5.41) is 3.26. The zero-order valence-corrected chi connectivity index (χ0v) is 11.7. The molecule has 1 aliphatic heterocycles. The SMILES string of the molecule is CC(C)C1CCN(S(=O)(=O)CCNC2CC2)C1. The fourth-order valence-corrected chi connectivity index (χ4v) is 3.80. The first kappa shape index (κ1) is 13.3. The Morgan fingerprint density at radius 3 is 2.53 bits per heavy atom. The maximum Gasteiger partial charge on any atom is 0.215 e. The molecule has 1 N–H and O–H groups in total. The summed E-state index contributed by atoms with van der Waals surface area (Å²) in [7, 11) is -3.02. The molecule has 2 fully saturated rings. The predicted molar refractivity (Wildman–Crippen MR) is 69.3 cm³/mol. The smallest absolute Gasteiger partial charge is 0.215 e. The molecule has 5 heteroatoms. The van der Waals surface area contributed by atoms with Crippen molar-refractivity contribution in [3.8, 4) is 0 Å². The second-order valence-electron chi connectivity index (χ2n) is 5.70. The Morgan fingerprint density at radius 1 is 1.29 bits per heavy atom. The molecule has 1 heterocycles. The normalized spacial score (nSPS) is 26.9. The van der Waals surface area contributed by atoms with Gasteiger partial charge in [0.25, 0.3) is 0 Å². The van der Waals surface area contributed by atoms with Gasteiger partial charge in [0.2, 0.25) is 10.0 Å². The average Bonchev–Trinajstić information content (AvgIpc) is 2.92. The lowest BCUT2D eigenvalue weighted by atomic mass is 9.96. The van der Waals surface area contributed by atoms with Crippen LogP contribution in [0.5, 0.6) is 0 Å². The van der Waals surface area contributed by atoms with E-state index in [1.54, 1.807) is 4.31 Å². The highest BCUT2D eigenvalue weighted by molar-refractivity contribution is 7.89. The van der Waals surface area contributed by atoms with Crippen LogP contribution < -0.4 is 5.32 Å². The van der Waals surface area contributed by atoms with E-state index in [2.05, 4.69) is 19.2 Å². The van der Waals surface area contributed by atoms with Crippen LogP contribution in [0.4, 0.5) is 0 Å². The zero-order chi connectivity index (χ0) is 12.5. The molecule has 100 valence electrons. The lowest BCUT2D eigenvalue weighted by Gasteiger charge is -2.18. The molecule has 4 nitrogen and oxygen atoms in total. The van der Waals surface area contributed by atoms with Crippen LogP contribution in [0.15, 0.2) is 0 Å². The van der Waals surface area contributed by atoms with Gasteiger partial charge in [0.1, 0.15) is 0 Å². The molecular formula is C12H24N2O2S. The fourth-order valence-electron chi connectivity index (χ4n) is 2.36. The van der Waals surface area contributed by atoms with Gasteiger partial charge in [-0.1, -0.05) is 13.8 Å².